The Morgan fingerprint density at radius 3 is 2.72 bits per heavy atom. The van der Waals surface area contributed by atoms with Crippen LogP contribution in [0.25, 0.3) is 0 Å². The highest BCUT2D eigenvalue weighted by molar-refractivity contribution is 5.92. The Morgan fingerprint density at radius 2 is 2.12 bits per heavy atom. The second kappa shape index (κ2) is 7.46. The summed E-state index contributed by atoms with van der Waals surface area (Å²) < 4.78 is 8.03. The molecule has 1 spiro atoms. The lowest BCUT2D eigenvalue weighted by Crippen LogP contribution is -2.46. The van der Waals surface area contributed by atoms with Gasteiger partial charge in [0, 0.05) is 33.2 Å². The molecule has 6 heteroatoms. The van der Waals surface area contributed by atoms with Crippen molar-refractivity contribution in [1.29, 1.82) is 0 Å². The molecule has 1 aromatic heterocycles. The number of nitrogens with one attached hydrogen (secondary N) is 1. The highest BCUT2D eigenvalue weighted by Gasteiger charge is 2.42. The van der Waals surface area contributed by atoms with Crippen molar-refractivity contribution in [3.05, 3.63) is 17.5 Å². The molecule has 2 fully saturated rings. The van der Waals surface area contributed by atoms with E-state index in [-0.39, 0.29) is 17.6 Å². The average molecular weight is 348 g/mol. The lowest BCUT2D eigenvalue weighted by atomic mass is 9.88. The van der Waals surface area contributed by atoms with E-state index in [0.717, 1.165) is 50.4 Å². The van der Waals surface area contributed by atoms with Crippen molar-refractivity contribution >= 4 is 5.91 Å². The standard InChI is InChI=1S/C19H32N4O2/c1-14(2)13-23-9-7-19(8-10-23)6-5-16(25-19)12-20-18(24)17-11-15(3)21-22(17)4/h11,14,16H,5-10,12-13H2,1-4H3,(H,20,24). The second-order valence-electron chi connectivity index (χ2n) is 8.16. The summed E-state index contributed by atoms with van der Waals surface area (Å²) in [5, 5.41) is 7.24. The average Bonchev–Trinajstić information content (AvgIpc) is 3.10. The van der Waals surface area contributed by atoms with Gasteiger partial charge in [-0.05, 0) is 44.6 Å². The lowest BCUT2D eigenvalue weighted by Gasteiger charge is -2.39. The van der Waals surface area contributed by atoms with E-state index < -0.39 is 0 Å². The van der Waals surface area contributed by atoms with E-state index in [1.54, 1.807) is 11.7 Å². The lowest BCUT2D eigenvalue weighted by molar-refractivity contribution is -0.0764. The molecule has 0 bridgehead atoms. The number of piperidine rings is 1. The fourth-order valence-corrected chi connectivity index (χ4v) is 4.19. The first-order chi connectivity index (χ1) is 11.9. The molecule has 0 saturated carbocycles. The number of ether oxygens (including phenoxy) is 1. The van der Waals surface area contributed by atoms with Crippen LogP contribution in [-0.4, -0.2) is 58.5 Å². The first-order valence-electron chi connectivity index (χ1n) is 9.56. The van der Waals surface area contributed by atoms with Gasteiger partial charge in [0.2, 0.25) is 0 Å². The summed E-state index contributed by atoms with van der Waals surface area (Å²) in [5.41, 5.74) is 1.51. The van der Waals surface area contributed by atoms with E-state index in [1.807, 2.05) is 13.0 Å². The van der Waals surface area contributed by atoms with Crippen LogP contribution in [-0.2, 0) is 11.8 Å². The van der Waals surface area contributed by atoms with Crippen LogP contribution in [0.2, 0.25) is 0 Å². The van der Waals surface area contributed by atoms with Crippen LogP contribution in [0.15, 0.2) is 6.07 Å². The van der Waals surface area contributed by atoms with Crippen LogP contribution >= 0.6 is 0 Å². The Morgan fingerprint density at radius 1 is 1.40 bits per heavy atom. The molecule has 1 N–H and O–H groups in total. The minimum absolute atomic E-state index is 0.0476. The largest absolute Gasteiger partial charge is 0.370 e. The van der Waals surface area contributed by atoms with E-state index in [1.165, 1.54) is 6.54 Å². The summed E-state index contributed by atoms with van der Waals surface area (Å²) in [6.07, 6.45) is 4.52. The Hall–Kier alpha value is -1.40. The molecule has 1 amide bonds. The Labute approximate surface area is 150 Å². The number of carbonyl (C=O) groups is 1. The zero-order valence-corrected chi connectivity index (χ0v) is 16.0. The van der Waals surface area contributed by atoms with Gasteiger partial charge in [0.1, 0.15) is 5.69 Å². The number of likely N-dealkylation sites (tertiary alicyclic amines) is 1. The van der Waals surface area contributed by atoms with Crippen molar-refractivity contribution in [2.24, 2.45) is 13.0 Å². The van der Waals surface area contributed by atoms with Gasteiger partial charge in [-0.15, -0.1) is 0 Å². The quantitative estimate of drug-likeness (QED) is 0.886. The van der Waals surface area contributed by atoms with Crippen LogP contribution in [0.3, 0.4) is 0 Å². The van der Waals surface area contributed by atoms with Crippen molar-refractivity contribution in [1.82, 2.24) is 20.0 Å². The minimum atomic E-state index is -0.0700. The van der Waals surface area contributed by atoms with Crippen LogP contribution in [0, 0.1) is 12.8 Å². The first kappa shape index (κ1) is 18.4. The van der Waals surface area contributed by atoms with Gasteiger partial charge in [-0.3, -0.25) is 9.48 Å². The van der Waals surface area contributed by atoms with E-state index in [4.69, 9.17) is 4.74 Å². The highest BCUT2D eigenvalue weighted by Crippen LogP contribution is 2.38. The van der Waals surface area contributed by atoms with E-state index in [2.05, 4.69) is 29.2 Å². The molecule has 6 nitrogen and oxygen atoms in total. The Kier molecular flexibility index (Phi) is 5.49. The number of rotatable bonds is 5. The van der Waals surface area contributed by atoms with Gasteiger partial charge in [0.15, 0.2) is 0 Å². The third-order valence-electron chi connectivity index (χ3n) is 5.45. The molecule has 0 aliphatic carbocycles. The van der Waals surface area contributed by atoms with E-state index in [9.17, 15) is 4.79 Å². The molecule has 3 heterocycles. The summed E-state index contributed by atoms with van der Waals surface area (Å²) >= 11 is 0. The number of hydrogen-bond acceptors (Lipinski definition) is 4. The van der Waals surface area contributed by atoms with Crippen molar-refractivity contribution in [3.8, 4) is 0 Å². The fourth-order valence-electron chi connectivity index (χ4n) is 4.19. The SMILES string of the molecule is Cc1cc(C(=O)NCC2CCC3(CCN(CC(C)C)CC3)O2)n(C)n1. The van der Waals surface area contributed by atoms with Crippen molar-refractivity contribution in [2.75, 3.05) is 26.2 Å². The van der Waals surface area contributed by atoms with Gasteiger partial charge < -0.3 is 15.0 Å². The van der Waals surface area contributed by atoms with Crippen LogP contribution in [0.4, 0.5) is 0 Å². The molecular formula is C19H32N4O2. The van der Waals surface area contributed by atoms with Gasteiger partial charge in [0.25, 0.3) is 5.91 Å². The van der Waals surface area contributed by atoms with Crippen molar-refractivity contribution in [2.45, 2.75) is 58.2 Å². The Bertz CT molecular complexity index is 603. The number of hydrogen-bond donors (Lipinski definition) is 1. The first-order valence-corrected chi connectivity index (χ1v) is 9.56. The smallest absolute Gasteiger partial charge is 0.269 e. The van der Waals surface area contributed by atoms with Gasteiger partial charge in [-0.2, -0.15) is 5.10 Å². The predicted octanol–water partition coefficient (Wildman–Crippen LogP) is 2.13. The molecular weight excluding hydrogens is 316 g/mol. The molecule has 2 aliphatic rings. The van der Waals surface area contributed by atoms with Crippen molar-refractivity contribution < 1.29 is 9.53 Å². The minimum Gasteiger partial charge on any atom is -0.370 e. The summed E-state index contributed by atoms with van der Waals surface area (Å²) in [5.74, 6) is 0.650. The zero-order valence-electron chi connectivity index (χ0n) is 16.0. The second-order valence-corrected chi connectivity index (χ2v) is 8.16. The molecule has 0 aromatic carbocycles. The number of aryl methyl sites for hydroxylation is 2. The molecule has 1 unspecified atom stereocenters. The predicted molar refractivity (Wildman–Crippen MR) is 97.6 cm³/mol. The molecule has 2 aliphatic heterocycles. The molecule has 1 aromatic rings. The third kappa shape index (κ3) is 4.42. The van der Waals surface area contributed by atoms with Gasteiger partial charge in [-0.1, -0.05) is 13.8 Å². The van der Waals surface area contributed by atoms with Gasteiger partial charge in [-0.25, -0.2) is 0 Å². The molecule has 1 atom stereocenters. The topological polar surface area (TPSA) is 59.4 Å². The monoisotopic (exact) mass is 348 g/mol. The molecule has 2 saturated heterocycles. The van der Waals surface area contributed by atoms with Crippen molar-refractivity contribution in [3.63, 3.8) is 0 Å². The number of amides is 1. The normalized spacial score (nSPS) is 23.5. The molecule has 140 valence electrons. The van der Waals surface area contributed by atoms with Gasteiger partial charge in [0.05, 0.1) is 17.4 Å². The summed E-state index contributed by atoms with van der Waals surface area (Å²) in [7, 11) is 1.80. The molecule has 3 rings (SSSR count). The third-order valence-corrected chi connectivity index (χ3v) is 5.45. The number of nitrogens with zero attached hydrogens (tertiary/aromatic N) is 3. The molecule has 0 radical (unpaired) electrons. The van der Waals surface area contributed by atoms with Crippen LogP contribution in [0.1, 0.15) is 55.7 Å². The summed E-state index contributed by atoms with van der Waals surface area (Å²) in [4.78, 5) is 14.9. The van der Waals surface area contributed by atoms with Crippen LogP contribution < -0.4 is 5.32 Å². The maximum atomic E-state index is 12.3. The van der Waals surface area contributed by atoms with E-state index >= 15 is 0 Å². The Balaban J connectivity index is 1.46. The van der Waals surface area contributed by atoms with Gasteiger partial charge >= 0.3 is 0 Å². The summed E-state index contributed by atoms with van der Waals surface area (Å²) in [6, 6.07) is 1.82. The summed E-state index contributed by atoms with van der Waals surface area (Å²) in [6.45, 7) is 10.5. The number of aromatic nitrogens is 2. The van der Waals surface area contributed by atoms with E-state index in [0.29, 0.717) is 12.2 Å². The maximum Gasteiger partial charge on any atom is 0.269 e. The fraction of sp³-hybridized carbons (Fsp3) is 0.789. The molecule has 25 heavy (non-hydrogen) atoms. The highest BCUT2D eigenvalue weighted by atomic mass is 16.5. The number of carbonyl (C=O) groups excluding carboxylic acids is 1. The zero-order chi connectivity index (χ0) is 18.0. The maximum absolute atomic E-state index is 12.3. The van der Waals surface area contributed by atoms with Crippen LogP contribution in [0.5, 0.6) is 0 Å².